The van der Waals surface area contributed by atoms with Crippen LogP contribution in [0.25, 0.3) is 0 Å². The fraction of sp³-hybridized carbons (Fsp3) is 0.222. The lowest BCUT2D eigenvalue weighted by molar-refractivity contribution is 0.421. The van der Waals surface area contributed by atoms with Crippen LogP contribution in [0.15, 0.2) is 60.7 Å². The van der Waals surface area contributed by atoms with Crippen molar-refractivity contribution in [3.8, 4) is 5.75 Å². The predicted octanol–water partition coefficient (Wildman–Crippen LogP) is 4.22. The number of phenols is 1. The van der Waals surface area contributed by atoms with Crippen molar-refractivity contribution in [2.24, 2.45) is 5.92 Å². The molecule has 2 heteroatoms. The maximum absolute atomic E-state index is 9.74. The Balaban J connectivity index is 1.80. The maximum Gasteiger partial charge on any atom is 0.116 e. The number of hydrogen-bond acceptors (Lipinski definition) is 2. The molecule has 0 saturated heterocycles. The van der Waals surface area contributed by atoms with E-state index in [0.717, 1.165) is 12.1 Å². The zero-order valence-electron chi connectivity index (χ0n) is 11.2. The molecule has 2 nitrogen and oxygen atoms in total. The number of allylic oxidation sites excluding steroid dienone is 2. The number of phenolic OH excluding ortho intramolecular Hbond substituents is 1. The molecule has 100 valence electrons. The average Bonchev–Trinajstić information content (AvgIpc) is 2.97. The fourth-order valence-corrected chi connectivity index (χ4v) is 3.57. The summed E-state index contributed by atoms with van der Waals surface area (Å²) in [6, 6.07) is 16.6. The molecule has 20 heavy (non-hydrogen) atoms. The minimum Gasteiger partial charge on any atom is -0.508 e. The van der Waals surface area contributed by atoms with E-state index in [0.29, 0.717) is 23.6 Å². The molecule has 2 aromatic carbocycles. The molecule has 0 saturated carbocycles. The van der Waals surface area contributed by atoms with Gasteiger partial charge in [-0.3, -0.25) is 0 Å². The van der Waals surface area contributed by atoms with Crippen molar-refractivity contribution in [1.82, 2.24) is 0 Å². The van der Waals surface area contributed by atoms with Crippen molar-refractivity contribution in [2.75, 3.05) is 5.32 Å². The summed E-state index contributed by atoms with van der Waals surface area (Å²) >= 11 is 0. The van der Waals surface area contributed by atoms with Gasteiger partial charge >= 0.3 is 0 Å². The lowest BCUT2D eigenvalue weighted by Crippen LogP contribution is -2.28. The van der Waals surface area contributed by atoms with Gasteiger partial charge in [-0.1, -0.05) is 42.5 Å². The van der Waals surface area contributed by atoms with E-state index in [1.54, 1.807) is 6.07 Å². The third-order valence-corrected chi connectivity index (χ3v) is 4.51. The van der Waals surface area contributed by atoms with Crippen LogP contribution < -0.4 is 5.32 Å². The third kappa shape index (κ3) is 1.72. The van der Waals surface area contributed by atoms with Gasteiger partial charge in [0.05, 0.1) is 6.04 Å². The number of fused-ring (bicyclic) bond motifs is 3. The number of nitrogens with one attached hydrogen (secondary N) is 1. The first-order valence-corrected chi connectivity index (χ1v) is 7.14. The summed E-state index contributed by atoms with van der Waals surface area (Å²) in [7, 11) is 0. The monoisotopic (exact) mass is 263 g/mol. The second-order valence-corrected chi connectivity index (χ2v) is 5.66. The normalized spacial score (nSPS) is 26.7. The summed E-state index contributed by atoms with van der Waals surface area (Å²) in [6.45, 7) is 0. The fourth-order valence-electron chi connectivity index (χ4n) is 3.57. The molecule has 0 fully saturated rings. The molecule has 0 bridgehead atoms. The molecule has 2 aromatic rings. The van der Waals surface area contributed by atoms with E-state index in [-0.39, 0.29) is 0 Å². The zero-order valence-corrected chi connectivity index (χ0v) is 11.2. The second-order valence-electron chi connectivity index (χ2n) is 5.66. The Morgan fingerprint density at radius 3 is 2.75 bits per heavy atom. The maximum atomic E-state index is 9.74. The number of rotatable bonds is 1. The third-order valence-electron chi connectivity index (χ3n) is 4.51. The molecule has 3 atom stereocenters. The SMILES string of the molecule is Oc1ccc2c(c1)C1C=CCC1C(c1ccccc1)N2. The molecule has 1 heterocycles. The highest BCUT2D eigenvalue weighted by molar-refractivity contribution is 5.61. The molecule has 1 aliphatic heterocycles. The Kier molecular flexibility index (Phi) is 2.56. The van der Waals surface area contributed by atoms with Gasteiger partial charge in [-0.25, -0.2) is 0 Å². The van der Waals surface area contributed by atoms with Gasteiger partial charge in [-0.15, -0.1) is 0 Å². The molecule has 2 aliphatic rings. The molecule has 0 radical (unpaired) electrons. The van der Waals surface area contributed by atoms with Crippen LogP contribution in [-0.4, -0.2) is 5.11 Å². The summed E-state index contributed by atoms with van der Waals surface area (Å²) in [5, 5.41) is 13.4. The molecule has 0 aromatic heterocycles. The highest BCUT2D eigenvalue weighted by atomic mass is 16.3. The summed E-state index contributed by atoms with van der Waals surface area (Å²) in [5.41, 5.74) is 3.70. The van der Waals surface area contributed by atoms with E-state index in [1.807, 2.05) is 12.1 Å². The van der Waals surface area contributed by atoms with Crippen molar-refractivity contribution in [1.29, 1.82) is 0 Å². The molecule has 4 rings (SSSR count). The van der Waals surface area contributed by atoms with Crippen LogP contribution >= 0.6 is 0 Å². The van der Waals surface area contributed by atoms with Gasteiger partial charge in [0, 0.05) is 11.6 Å². The van der Waals surface area contributed by atoms with E-state index < -0.39 is 0 Å². The van der Waals surface area contributed by atoms with Crippen LogP contribution in [0.2, 0.25) is 0 Å². The van der Waals surface area contributed by atoms with Gasteiger partial charge in [0.2, 0.25) is 0 Å². The summed E-state index contributed by atoms with van der Waals surface area (Å²) in [5.74, 6) is 1.29. The molecule has 2 N–H and O–H groups in total. The predicted molar refractivity (Wildman–Crippen MR) is 80.9 cm³/mol. The molecule has 0 amide bonds. The number of aromatic hydroxyl groups is 1. The quantitative estimate of drug-likeness (QED) is 0.596. The Hall–Kier alpha value is -2.22. The first-order chi connectivity index (χ1) is 9.83. The highest BCUT2D eigenvalue weighted by Crippen LogP contribution is 2.50. The van der Waals surface area contributed by atoms with Crippen LogP contribution in [0.5, 0.6) is 5.75 Å². The van der Waals surface area contributed by atoms with E-state index in [1.165, 1.54) is 11.1 Å². The van der Waals surface area contributed by atoms with Gasteiger partial charge in [0.25, 0.3) is 0 Å². The van der Waals surface area contributed by atoms with Gasteiger partial charge in [-0.2, -0.15) is 0 Å². The second kappa shape index (κ2) is 4.41. The van der Waals surface area contributed by atoms with Crippen LogP contribution in [0.1, 0.15) is 29.5 Å². The van der Waals surface area contributed by atoms with E-state index in [2.05, 4.69) is 47.8 Å². The number of anilines is 1. The standard InChI is InChI=1S/C18H17NO/c20-13-9-10-17-16(11-13)14-7-4-8-15(14)18(19-17)12-5-2-1-3-6-12/h1-7,9-11,14-15,18-20H,8H2. The zero-order chi connectivity index (χ0) is 13.5. The van der Waals surface area contributed by atoms with Crippen LogP contribution in [-0.2, 0) is 0 Å². The minimum atomic E-state index is 0.341. The molecule has 1 aliphatic carbocycles. The molecular formula is C18H17NO. The van der Waals surface area contributed by atoms with Crippen molar-refractivity contribution in [3.05, 3.63) is 71.8 Å². The van der Waals surface area contributed by atoms with Crippen LogP contribution in [0.4, 0.5) is 5.69 Å². The van der Waals surface area contributed by atoms with Gasteiger partial charge in [0.1, 0.15) is 5.75 Å². The Morgan fingerprint density at radius 2 is 1.90 bits per heavy atom. The summed E-state index contributed by atoms with van der Waals surface area (Å²) < 4.78 is 0. The van der Waals surface area contributed by atoms with E-state index in [4.69, 9.17) is 0 Å². The van der Waals surface area contributed by atoms with Gasteiger partial charge < -0.3 is 10.4 Å². The summed E-state index contributed by atoms with van der Waals surface area (Å²) in [4.78, 5) is 0. The van der Waals surface area contributed by atoms with E-state index >= 15 is 0 Å². The van der Waals surface area contributed by atoms with Crippen molar-refractivity contribution in [3.63, 3.8) is 0 Å². The Morgan fingerprint density at radius 1 is 1.05 bits per heavy atom. The number of benzene rings is 2. The first kappa shape index (κ1) is 11.6. The first-order valence-electron chi connectivity index (χ1n) is 7.14. The van der Waals surface area contributed by atoms with Crippen LogP contribution in [0.3, 0.4) is 0 Å². The molecule has 3 unspecified atom stereocenters. The molecular weight excluding hydrogens is 246 g/mol. The Labute approximate surface area is 118 Å². The lowest BCUT2D eigenvalue weighted by atomic mass is 9.77. The van der Waals surface area contributed by atoms with Crippen LogP contribution in [0, 0.1) is 5.92 Å². The van der Waals surface area contributed by atoms with Crippen molar-refractivity contribution in [2.45, 2.75) is 18.4 Å². The largest absolute Gasteiger partial charge is 0.508 e. The molecule has 0 spiro atoms. The number of hydrogen-bond donors (Lipinski definition) is 2. The van der Waals surface area contributed by atoms with Crippen molar-refractivity contribution >= 4 is 5.69 Å². The van der Waals surface area contributed by atoms with Gasteiger partial charge in [0.15, 0.2) is 0 Å². The summed E-state index contributed by atoms with van der Waals surface area (Å²) in [6.07, 6.45) is 5.65. The highest BCUT2D eigenvalue weighted by Gasteiger charge is 2.37. The minimum absolute atomic E-state index is 0.341. The smallest absolute Gasteiger partial charge is 0.116 e. The van der Waals surface area contributed by atoms with Gasteiger partial charge in [-0.05, 0) is 41.7 Å². The van der Waals surface area contributed by atoms with Crippen molar-refractivity contribution < 1.29 is 5.11 Å². The average molecular weight is 263 g/mol. The van der Waals surface area contributed by atoms with E-state index in [9.17, 15) is 5.11 Å². The lowest BCUT2D eigenvalue weighted by Gasteiger charge is -2.37. The Bertz CT molecular complexity index is 662. The topological polar surface area (TPSA) is 32.3 Å².